The topological polar surface area (TPSA) is 135 Å². The van der Waals surface area contributed by atoms with E-state index in [1.807, 2.05) is 19.2 Å². The SMILES string of the molecule is CCOC(=O)NC(=O)C(C#N)=NNc1cc(Cl)c(Oc2ccc(=O)n(C(C)CC)c2)c(Cl)c1. The van der Waals surface area contributed by atoms with Crippen LogP contribution in [-0.4, -0.2) is 28.9 Å². The van der Waals surface area contributed by atoms with Gasteiger partial charge in [0.25, 0.3) is 11.5 Å². The van der Waals surface area contributed by atoms with Crippen LogP contribution in [0.2, 0.25) is 10.0 Å². The van der Waals surface area contributed by atoms with E-state index in [1.165, 1.54) is 24.3 Å². The first-order chi connectivity index (χ1) is 15.7. The highest BCUT2D eigenvalue weighted by molar-refractivity contribution is 6.47. The maximum Gasteiger partial charge on any atom is 0.414 e. The number of halogens is 2. The van der Waals surface area contributed by atoms with Gasteiger partial charge in [-0.3, -0.25) is 20.3 Å². The van der Waals surface area contributed by atoms with E-state index < -0.39 is 17.7 Å². The lowest BCUT2D eigenvalue weighted by atomic mass is 10.2. The minimum absolute atomic E-state index is 0.0215. The molecule has 0 bridgehead atoms. The van der Waals surface area contributed by atoms with Crippen molar-refractivity contribution in [3.05, 3.63) is 50.9 Å². The number of alkyl carbamates (subject to hydrolysis) is 1. The number of rotatable bonds is 8. The zero-order valence-corrected chi connectivity index (χ0v) is 19.5. The van der Waals surface area contributed by atoms with Crippen LogP contribution in [-0.2, 0) is 9.53 Å². The van der Waals surface area contributed by atoms with Crippen molar-refractivity contribution in [3.8, 4) is 17.6 Å². The van der Waals surface area contributed by atoms with Crippen LogP contribution in [0.5, 0.6) is 11.5 Å². The Labute approximate surface area is 199 Å². The number of benzene rings is 1. The number of nitrogens with zero attached hydrogens (tertiary/aromatic N) is 3. The van der Waals surface area contributed by atoms with Gasteiger partial charge in [0, 0.05) is 12.1 Å². The van der Waals surface area contributed by atoms with E-state index in [2.05, 4.69) is 15.3 Å². The van der Waals surface area contributed by atoms with Crippen molar-refractivity contribution in [2.75, 3.05) is 12.0 Å². The molecular weight excluding hydrogens is 473 g/mol. The number of amides is 2. The van der Waals surface area contributed by atoms with Crippen molar-refractivity contribution in [2.45, 2.75) is 33.2 Å². The molecule has 0 fully saturated rings. The van der Waals surface area contributed by atoms with Crippen LogP contribution in [0.4, 0.5) is 10.5 Å². The number of nitriles is 1. The molecule has 0 aliphatic carbocycles. The van der Waals surface area contributed by atoms with Gasteiger partial charge in [0.1, 0.15) is 11.8 Å². The monoisotopic (exact) mass is 493 g/mol. The van der Waals surface area contributed by atoms with Crippen LogP contribution < -0.4 is 21.0 Å². The molecule has 10 nitrogen and oxygen atoms in total. The predicted octanol–water partition coefficient (Wildman–Crippen LogP) is 4.48. The second-order valence-corrected chi connectivity index (χ2v) is 7.41. The van der Waals surface area contributed by atoms with Gasteiger partial charge in [-0.25, -0.2) is 4.79 Å². The van der Waals surface area contributed by atoms with Crippen molar-refractivity contribution >= 4 is 46.6 Å². The number of nitrogens with one attached hydrogen (secondary N) is 2. The summed E-state index contributed by atoms with van der Waals surface area (Å²) in [5, 5.41) is 14.8. The summed E-state index contributed by atoms with van der Waals surface area (Å²) in [4.78, 5) is 35.3. The number of hydrogen-bond donors (Lipinski definition) is 2. The maximum absolute atomic E-state index is 12.1. The third-order valence-electron chi connectivity index (χ3n) is 4.30. The molecule has 174 valence electrons. The van der Waals surface area contributed by atoms with Gasteiger partial charge in [0.05, 0.1) is 28.5 Å². The van der Waals surface area contributed by atoms with Crippen molar-refractivity contribution in [2.24, 2.45) is 5.10 Å². The van der Waals surface area contributed by atoms with Crippen LogP contribution in [0, 0.1) is 11.3 Å². The lowest BCUT2D eigenvalue weighted by Crippen LogP contribution is -2.36. The summed E-state index contributed by atoms with van der Waals surface area (Å²) in [5.74, 6) is -0.542. The van der Waals surface area contributed by atoms with Gasteiger partial charge in [-0.2, -0.15) is 10.4 Å². The fourth-order valence-electron chi connectivity index (χ4n) is 2.49. The Morgan fingerprint density at radius 1 is 1.24 bits per heavy atom. The van der Waals surface area contributed by atoms with Gasteiger partial charge in [0.15, 0.2) is 5.75 Å². The molecule has 33 heavy (non-hydrogen) atoms. The van der Waals surface area contributed by atoms with Crippen LogP contribution in [0.15, 0.2) is 40.4 Å². The zero-order chi connectivity index (χ0) is 24.5. The summed E-state index contributed by atoms with van der Waals surface area (Å²) < 4.78 is 11.9. The smallest absolute Gasteiger partial charge is 0.414 e. The molecule has 0 radical (unpaired) electrons. The molecule has 0 aliphatic rings. The second-order valence-electron chi connectivity index (χ2n) is 6.60. The third kappa shape index (κ3) is 6.97. The Kier molecular flexibility index (Phi) is 9.27. The molecule has 0 spiro atoms. The first-order valence-corrected chi connectivity index (χ1v) is 10.6. The van der Waals surface area contributed by atoms with E-state index in [-0.39, 0.29) is 39.7 Å². The summed E-state index contributed by atoms with van der Waals surface area (Å²) in [6.45, 7) is 5.49. The summed E-state index contributed by atoms with van der Waals surface area (Å²) in [5.41, 5.74) is 1.94. The molecule has 2 N–H and O–H groups in total. The van der Waals surface area contributed by atoms with Crippen molar-refractivity contribution in [3.63, 3.8) is 0 Å². The number of ether oxygens (including phenoxy) is 2. The number of imide groups is 1. The maximum atomic E-state index is 12.1. The molecule has 1 aromatic heterocycles. The highest BCUT2D eigenvalue weighted by Crippen LogP contribution is 2.38. The van der Waals surface area contributed by atoms with Crippen LogP contribution in [0.25, 0.3) is 0 Å². The average molecular weight is 494 g/mol. The molecule has 1 aromatic carbocycles. The van der Waals surface area contributed by atoms with Crippen LogP contribution in [0.1, 0.15) is 33.2 Å². The summed E-state index contributed by atoms with van der Waals surface area (Å²) >= 11 is 12.6. The Morgan fingerprint density at radius 3 is 2.48 bits per heavy atom. The number of hydrogen-bond acceptors (Lipinski definition) is 8. The van der Waals surface area contributed by atoms with Gasteiger partial charge in [-0.1, -0.05) is 30.1 Å². The van der Waals surface area contributed by atoms with Crippen molar-refractivity contribution < 1.29 is 19.1 Å². The fraction of sp³-hybridized carbons (Fsp3) is 0.286. The van der Waals surface area contributed by atoms with Crippen molar-refractivity contribution in [1.82, 2.24) is 9.88 Å². The Bertz CT molecular complexity index is 1150. The number of pyridine rings is 1. The number of anilines is 1. The number of hydrazone groups is 1. The van der Waals surface area contributed by atoms with E-state index in [0.717, 1.165) is 6.42 Å². The quantitative estimate of drug-likeness (QED) is 0.408. The van der Waals surface area contributed by atoms with Crippen LogP contribution in [0.3, 0.4) is 0 Å². The highest BCUT2D eigenvalue weighted by atomic mass is 35.5. The molecule has 12 heteroatoms. The Balaban J connectivity index is 2.21. The van der Waals surface area contributed by atoms with Crippen molar-refractivity contribution in [1.29, 1.82) is 5.26 Å². The van der Waals surface area contributed by atoms with Gasteiger partial charge >= 0.3 is 6.09 Å². The molecule has 0 aliphatic heterocycles. The lowest BCUT2D eigenvalue weighted by molar-refractivity contribution is -0.114. The van der Waals surface area contributed by atoms with E-state index >= 15 is 0 Å². The second kappa shape index (κ2) is 11.9. The lowest BCUT2D eigenvalue weighted by Gasteiger charge is -2.16. The minimum Gasteiger partial charge on any atom is -0.453 e. The first-order valence-electron chi connectivity index (χ1n) is 9.81. The van der Waals surface area contributed by atoms with Gasteiger partial charge < -0.3 is 14.0 Å². The van der Waals surface area contributed by atoms with Gasteiger partial charge in [0.2, 0.25) is 5.71 Å². The molecule has 1 unspecified atom stereocenters. The summed E-state index contributed by atoms with van der Waals surface area (Å²) in [7, 11) is 0. The molecule has 0 saturated heterocycles. The van der Waals surface area contributed by atoms with E-state index in [4.69, 9.17) is 33.2 Å². The molecule has 1 heterocycles. The largest absolute Gasteiger partial charge is 0.453 e. The zero-order valence-electron chi connectivity index (χ0n) is 18.0. The van der Waals surface area contributed by atoms with E-state index in [0.29, 0.717) is 5.75 Å². The standard InChI is InChI=1S/C21H21Cl2N5O5/c1-4-12(3)28-11-14(6-7-18(28)29)33-19-15(22)8-13(9-16(19)23)26-27-17(10-24)20(30)25-21(31)32-5-2/h6-9,11-12,26H,4-5H2,1-3H3,(H,25,30,31). The van der Waals surface area contributed by atoms with Gasteiger partial charge in [-0.15, -0.1) is 0 Å². The molecule has 0 saturated carbocycles. The molecular formula is C21H21Cl2N5O5. The average Bonchev–Trinajstić information content (AvgIpc) is 2.77. The first kappa shape index (κ1) is 25.7. The molecule has 2 aromatic rings. The third-order valence-corrected chi connectivity index (χ3v) is 4.87. The molecule has 2 amide bonds. The Morgan fingerprint density at radius 2 is 1.91 bits per heavy atom. The Hall–Kier alpha value is -3.55. The minimum atomic E-state index is -1.04. The van der Waals surface area contributed by atoms with Gasteiger partial charge in [-0.05, 0) is 38.5 Å². The fourth-order valence-corrected chi connectivity index (χ4v) is 3.05. The van der Waals surface area contributed by atoms with Crippen LogP contribution >= 0.6 is 23.2 Å². The highest BCUT2D eigenvalue weighted by Gasteiger charge is 2.16. The predicted molar refractivity (Wildman–Crippen MR) is 124 cm³/mol. The number of carbonyl (C=O) groups excluding carboxylic acids is 2. The number of carbonyl (C=O) groups is 2. The normalized spacial score (nSPS) is 11.8. The summed E-state index contributed by atoms with van der Waals surface area (Å²) in [6.07, 6.45) is 1.33. The van der Waals surface area contributed by atoms with E-state index in [9.17, 15) is 14.4 Å². The summed E-state index contributed by atoms with van der Waals surface area (Å²) in [6, 6.07) is 7.26. The molecule has 1 atom stereocenters. The molecule has 2 rings (SSSR count). The number of aromatic nitrogens is 1. The van der Waals surface area contributed by atoms with E-state index in [1.54, 1.807) is 23.8 Å².